The number of carbonyl (C=O) groups excluding carboxylic acids is 1. The van der Waals surface area contributed by atoms with Gasteiger partial charge in [-0.05, 0) is 100 Å². The molecule has 0 aliphatic heterocycles. The van der Waals surface area contributed by atoms with Gasteiger partial charge in [-0.25, -0.2) is 0 Å². The fourth-order valence-corrected chi connectivity index (χ4v) is 9.13. The number of benzene rings is 3. The van der Waals surface area contributed by atoms with E-state index in [9.17, 15) is 13.2 Å². The van der Waals surface area contributed by atoms with Crippen molar-refractivity contribution in [2.75, 3.05) is 0 Å². The number of aliphatic carboxylic acids is 1. The van der Waals surface area contributed by atoms with Crippen LogP contribution in [0.25, 0.3) is 0 Å². The van der Waals surface area contributed by atoms with Crippen molar-refractivity contribution >= 4 is 16.9 Å². The second-order valence-electron chi connectivity index (χ2n) is 13.5. The van der Waals surface area contributed by atoms with Crippen LogP contribution in [0.2, 0.25) is 0 Å². The largest absolute Gasteiger partial charge is 0.542 e. The molecule has 0 amide bonds. The van der Waals surface area contributed by atoms with E-state index >= 15 is 0 Å². The maximum atomic E-state index is 10.5. The van der Waals surface area contributed by atoms with Gasteiger partial charge < -0.3 is 9.90 Å². The van der Waals surface area contributed by atoms with Gasteiger partial charge in [-0.2, -0.15) is 13.2 Å². The van der Waals surface area contributed by atoms with E-state index < -0.39 is 12.1 Å². The van der Waals surface area contributed by atoms with E-state index in [1.165, 1.54) is 120 Å². The second-order valence-corrected chi connectivity index (χ2v) is 15.4. The lowest BCUT2D eigenvalue weighted by Crippen LogP contribution is -2.37. The highest BCUT2D eigenvalue weighted by molar-refractivity contribution is 7.97. The Kier molecular flexibility index (Phi) is 20.6. The predicted molar refractivity (Wildman–Crippen MR) is 204 cm³/mol. The normalized spacial score (nSPS) is 11.5. The molecule has 0 aliphatic carbocycles. The zero-order valence-electron chi connectivity index (χ0n) is 31.8. The Balaban J connectivity index is 0.00000112. The number of carbonyl (C=O) groups is 1. The average molecular weight is 713 g/mol. The van der Waals surface area contributed by atoms with Crippen molar-refractivity contribution in [1.29, 1.82) is 0 Å². The number of halogens is 3. The molecule has 3 aromatic rings. The summed E-state index contributed by atoms with van der Waals surface area (Å²) < 4.78 is 31.5. The Labute approximate surface area is 305 Å². The van der Waals surface area contributed by atoms with E-state index in [2.05, 4.69) is 96.1 Å². The summed E-state index contributed by atoms with van der Waals surface area (Å²) >= 11 is 0. The van der Waals surface area contributed by atoms with E-state index in [1.54, 1.807) is 43.2 Å². The molecule has 0 heterocycles. The molecule has 0 saturated carbocycles. The van der Waals surface area contributed by atoms with Gasteiger partial charge >= 0.3 is 6.18 Å². The minimum Gasteiger partial charge on any atom is -0.542 e. The van der Waals surface area contributed by atoms with Gasteiger partial charge in [0.2, 0.25) is 0 Å². The molecule has 0 bridgehead atoms. The minimum atomic E-state index is -5.19. The topological polar surface area (TPSA) is 40.1 Å². The number of carboxylic acids is 1. The van der Waals surface area contributed by atoms with Crippen LogP contribution >= 0.6 is 0 Å². The first-order valence-electron chi connectivity index (χ1n) is 19.4. The highest BCUT2D eigenvalue weighted by atomic mass is 32.2. The molecule has 0 fully saturated rings. The third kappa shape index (κ3) is 14.1. The molecule has 3 aromatic carbocycles. The lowest BCUT2D eigenvalue weighted by atomic mass is 9.96. The maximum Gasteiger partial charge on any atom is 0.430 e. The molecule has 0 aromatic heterocycles. The first-order valence-corrected chi connectivity index (χ1v) is 20.6. The van der Waals surface area contributed by atoms with Crippen LogP contribution in [-0.2, 0) is 54.2 Å². The molecule has 0 spiro atoms. The average Bonchev–Trinajstić information content (AvgIpc) is 3.11. The van der Waals surface area contributed by atoms with Crippen molar-refractivity contribution in [1.82, 2.24) is 0 Å². The van der Waals surface area contributed by atoms with Crippen LogP contribution in [0.3, 0.4) is 0 Å². The number of carboxylic acid groups (broad SMARTS) is 1. The third-order valence-corrected chi connectivity index (χ3v) is 11.7. The summed E-state index contributed by atoms with van der Waals surface area (Å²) in [7, 11) is -0.103. The van der Waals surface area contributed by atoms with Gasteiger partial charge in [-0.1, -0.05) is 123 Å². The van der Waals surface area contributed by atoms with E-state index in [4.69, 9.17) is 9.90 Å². The fraction of sp³-hybridized carbons (Fsp3) is 0.568. The van der Waals surface area contributed by atoms with Gasteiger partial charge in [0.25, 0.3) is 0 Å². The Morgan fingerprint density at radius 3 is 1.08 bits per heavy atom. The molecule has 0 radical (unpaired) electrons. The van der Waals surface area contributed by atoms with E-state index in [0.29, 0.717) is 0 Å². The highest BCUT2D eigenvalue weighted by Crippen LogP contribution is 2.42. The van der Waals surface area contributed by atoms with Gasteiger partial charge in [0.05, 0.1) is 0 Å². The number of hydrogen-bond acceptors (Lipinski definition) is 2. The molecule has 0 N–H and O–H groups in total. The molecular formula is C44H63F3O2S. The zero-order valence-corrected chi connectivity index (χ0v) is 32.6. The van der Waals surface area contributed by atoms with Crippen LogP contribution in [0.15, 0.2) is 69.3 Å². The Bertz CT molecular complexity index is 1270. The van der Waals surface area contributed by atoms with Gasteiger partial charge in [0, 0.05) is 22.3 Å². The molecule has 0 saturated heterocycles. The molecule has 2 nitrogen and oxygen atoms in total. The highest BCUT2D eigenvalue weighted by Gasteiger charge is 2.38. The predicted octanol–water partition coefficient (Wildman–Crippen LogP) is 12.1. The lowest BCUT2D eigenvalue weighted by molar-refractivity contribution is -0.344. The Morgan fingerprint density at radius 1 is 0.540 bits per heavy atom. The summed E-state index contributed by atoms with van der Waals surface area (Å²) in [5, 5.41) is 8.78. The van der Waals surface area contributed by atoms with Crippen LogP contribution in [0.1, 0.15) is 152 Å². The summed E-state index contributed by atoms with van der Waals surface area (Å²) in [6.45, 7) is 14.1. The van der Waals surface area contributed by atoms with Gasteiger partial charge in [0.1, 0.15) is 16.9 Å². The number of rotatable bonds is 21. The van der Waals surface area contributed by atoms with Crippen LogP contribution in [0, 0.1) is 0 Å². The van der Waals surface area contributed by atoms with Crippen LogP contribution in [0.5, 0.6) is 0 Å². The SMILES string of the molecule is CCCCc1cc(CCCC)c([S+](c2ccccc2)c2c(CCCC)cc(CCCC)cc2CCCC)c(CCCC)c1.O=C([O-])C(F)(F)F. The summed E-state index contributed by atoms with van der Waals surface area (Å²) in [5.41, 5.74) is 9.73. The fourth-order valence-electron chi connectivity index (χ4n) is 6.33. The number of alkyl halides is 3. The first-order chi connectivity index (χ1) is 24.1. The van der Waals surface area contributed by atoms with E-state index in [1.807, 2.05) is 0 Å². The molecule has 50 heavy (non-hydrogen) atoms. The van der Waals surface area contributed by atoms with Crippen molar-refractivity contribution in [2.24, 2.45) is 0 Å². The maximum absolute atomic E-state index is 10.5. The summed E-state index contributed by atoms with van der Waals surface area (Å²) in [5.74, 6) is -3.01. The molecule has 0 atom stereocenters. The molecule has 6 heteroatoms. The van der Waals surface area contributed by atoms with Gasteiger partial charge in [-0.15, -0.1) is 0 Å². The number of unbranched alkanes of at least 4 members (excludes halogenated alkanes) is 6. The van der Waals surface area contributed by atoms with E-state index in [-0.39, 0.29) is 10.9 Å². The molecule has 0 aliphatic rings. The molecule has 0 unspecified atom stereocenters. The van der Waals surface area contributed by atoms with Crippen LogP contribution < -0.4 is 5.11 Å². The minimum absolute atomic E-state index is 0.103. The summed E-state index contributed by atoms with van der Waals surface area (Å²) in [4.78, 5) is 13.7. The standard InChI is InChI=1S/C42H63S.C2HF3O2/c1-7-13-22-34-30-36(24-15-9-3)41(37(31-34)25-16-10-4)43(40-28-20-19-21-29-40)42-38(26-17-11-5)32-35(23-14-8-2)33-39(42)27-18-12-6;3-2(4,5)1(6)7/h19-21,28-33H,7-18,22-27H2,1-6H3;(H,6,7)/q+1;/p-1. The van der Waals surface area contributed by atoms with E-state index in [0.717, 1.165) is 0 Å². The van der Waals surface area contributed by atoms with Gasteiger partial charge in [0.15, 0.2) is 14.7 Å². The van der Waals surface area contributed by atoms with Crippen molar-refractivity contribution in [2.45, 2.75) is 178 Å². The number of aryl methyl sites for hydroxylation is 6. The van der Waals surface area contributed by atoms with Gasteiger partial charge in [-0.3, -0.25) is 0 Å². The van der Waals surface area contributed by atoms with Crippen molar-refractivity contribution < 1.29 is 23.1 Å². The zero-order chi connectivity index (χ0) is 36.9. The quantitative estimate of drug-likeness (QED) is 0.103. The Hall–Kier alpha value is -2.73. The third-order valence-electron chi connectivity index (χ3n) is 9.06. The first kappa shape index (κ1) is 43.4. The summed E-state index contributed by atoms with van der Waals surface area (Å²) in [6.07, 6.45) is 17.2. The van der Waals surface area contributed by atoms with Crippen molar-refractivity contribution in [3.8, 4) is 0 Å². The van der Waals surface area contributed by atoms with Crippen molar-refractivity contribution in [3.63, 3.8) is 0 Å². The second kappa shape index (κ2) is 23.7. The molecular weight excluding hydrogens is 650 g/mol. The number of hydrogen-bond donors (Lipinski definition) is 0. The molecule has 278 valence electrons. The summed E-state index contributed by atoms with van der Waals surface area (Å²) in [6, 6.07) is 22.2. The Morgan fingerprint density at radius 2 is 0.820 bits per heavy atom. The molecule has 3 rings (SSSR count). The van der Waals surface area contributed by atoms with Crippen molar-refractivity contribution in [3.05, 3.63) is 88.0 Å². The van der Waals surface area contributed by atoms with Crippen LogP contribution in [-0.4, -0.2) is 12.1 Å². The lowest BCUT2D eigenvalue weighted by Gasteiger charge is -2.22. The monoisotopic (exact) mass is 712 g/mol. The van der Waals surface area contributed by atoms with Crippen LogP contribution in [0.4, 0.5) is 13.2 Å². The smallest absolute Gasteiger partial charge is 0.430 e.